The van der Waals surface area contributed by atoms with Crippen molar-refractivity contribution in [2.75, 3.05) is 62.6 Å². The van der Waals surface area contributed by atoms with Crippen molar-refractivity contribution in [3.8, 4) is 11.1 Å². The highest BCUT2D eigenvalue weighted by Gasteiger charge is 2.38. The third kappa shape index (κ3) is 18.7. The number of rotatable bonds is 24. The van der Waals surface area contributed by atoms with Crippen LogP contribution in [0.2, 0.25) is 0 Å². The van der Waals surface area contributed by atoms with Crippen molar-refractivity contribution >= 4 is 50.5 Å². The summed E-state index contributed by atoms with van der Waals surface area (Å²) in [5, 5.41) is 17.8. The van der Waals surface area contributed by atoms with Gasteiger partial charge in [0.1, 0.15) is 42.2 Å². The van der Waals surface area contributed by atoms with Crippen LogP contribution in [0.4, 0.5) is 13.6 Å². The van der Waals surface area contributed by atoms with Crippen LogP contribution in [-0.2, 0) is 55.9 Å². The predicted octanol–water partition coefficient (Wildman–Crippen LogP) is 3.85. The molecule has 0 unspecified atom stereocenters. The minimum absolute atomic E-state index is 0.00342. The zero-order valence-corrected chi connectivity index (χ0v) is 40.8. The molecule has 66 heavy (non-hydrogen) atoms. The molecule has 0 spiro atoms. The Labute approximate surface area is 390 Å². The fourth-order valence-electron chi connectivity index (χ4n) is 6.94. The monoisotopic (exact) mass is 965 g/mol. The molecule has 6 N–H and O–H groups in total. The maximum Gasteiger partial charge on any atom is 0.407 e. The number of benzene rings is 2. The van der Waals surface area contributed by atoms with Crippen LogP contribution in [0, 0.1) is 17.0 Å². The SMILES string of the molecule is C[S+](C)CCOC(=O)N[C@@H](CCN(C(=O)CO)[C@@H](c1cc(-c2cc(F)ccc2F)cn1Cc1ccccc1)C(C)(C)C)C(=O)NCCS(=O)(=O)CCNC(=O)[C@H](N)CCC(=O)OC(C)(C)C. The molecule has 3 rings (SSSR count). The molecule has 20 heteroatoms. The van der Waals surface area contributed by atoms with E-state index in [2.05, 4.69) is 16.0 Å². The first kappa shape index (κ1) is 55.3. The van der Waals surface area contributed by atoms with Crippen LogP contribution >= 0.6 is 0 Å². The molecule has 0 radical (unpaired) electrons. The first-order valence-electron chi connectivity index (χ1n) is 21.6. The largest absolute Gasteiger partial charge is 0.460 e. The summed E-state index contributed by atoms with van der Waals surface area (Å²) in [4.78, 5) is 66.4. The van der Waals surface area contributed by atoms with E-state index in [1.807, 2.05) is 68.2 Å². The van der Waals surface area contributed by atoms with Crippen LogP contribution < -0.4 is 21.7 Å². The van der Waals surface area contributed by atoms with Gasteiger partial charge in [-0.1, -0.05) is 51.1 Å². The van der Waals surface area contributed by atoms with E-state index in [0.717, 1.165) is 23.8 Å². The Kier molecular flexibility index (Phi) is 21.1. The summed E-state index contributed by atoms with van der Waals surface area (Å²) in [5.41, 5.74) is 6.11. The van der Waals surface area contributed by atoms with Gasteiger partial charge in [0.05, 0.1) is 36.1 Å². The fraction of sp³-hybridized carbons (Fsp3) is 0.543. The van der Waals surface area contributed by atoms with Gasteiger partial charge in [-0.15, -0.1) is 0 Å². The van der Waals surface area contributed by atoms with Crippen molar-refractivity contribution < 1.29 is 55.8 Å². The maximum absolute atomic E-state index is 15.2. The van der Waals surface area contributed by atoms with Crippen molar-refractivity contribution in [2.45, 2.75) is 91.1 Å². The lowest BCUT2D eigenvalue weighted by molar-refractivity contribution is -0.155. The van der Waals surface area contributed by atoms with Crippen molar-refractivity contribution in [3.05, 3.63) is 83.7 Å². The maximum atomic E-state index is 15.2. The third-order valence-electron chi connectivity index (χ3n) is 10.1. The molecule has 2 aromatic carbocycles. The number of aromatic nitrogens is 1. The lowest BCUT2D eigenvalue weighted by atomic mass is 9.82. The second-order valence-corrected chi connectivity index (χ2v) is 22.9. The first-order valence-corrected chi connectivity index (χ1v) is 25.6. The number of nitrogens with two attached hydrogens (primary N) is 1. The highest BCUT2D eigenvalue weighted by molar-refractivity contribution is 7.95. The van der Waals surface area contributed by atoms with E-state index in [4.69, 9.17) is 15.2 Å². The van der Waals surface area contributed by atoms with Gasteiger partial charge in [0.2, 0.25) is 17.7 Å². The standard InChI is InChI=1S/C46H66F2N6O10S2/c1-45(2,3)41(38-26-32(34-27-33(47)14-15-35(34)48)29-53(38)28-31-12-10-9-11-13-31)54(39(56)30-55)21-18-37(52-44(60)63-22-23-65(7)8)43(59)51-20-25-66(61,62)24-19-50-42(58)36(49)16-17-40(57)64-46(4,5)6/h9-15,26-27,29,36-37,41,55H,16-25,28,30,49H2,1-8H3,(H2-,50,51,52,58,59,60)/p+1/t36-,37+,41+/m1/s1. The molecule has 366 valence electrons. The molecule has 1 aromatic heterocycles. The number of carbonyl (C=O) groups is 5. The Bertz CT molecular complexity index is 2210. The van der Waals surface area contributed by atoms with Crippen LogP contribution in [0.3, 0.4) is 0 Å². The summed E-state index contributed by atoms with van der Waals surface area (Å²) in [7, 11) is -3.90. The summed E-state index contributed by atoms with van der Waals surface area (Å²) in [6, 6.07) is 10.8. The molecule has 0 aliphatic carbocycles. The third-order valence-corrected chi connectivity index (χ3v) is 12.7. The van der Waals surface area contributed by atoms with E-state index in [1.54, 1.807) is 33.0 Å². The second kappa shape index (κ2) is 25.2. The van der Waals surface area contributed by atoms with Gasteiger partial charge in [0.25, 0.3) is 0 Å². The molecule has 1 heterocycles. The van der Waals surface area contributed by atoms with Crippen molar-refractivity contribution in [1.29, 1.82) is 0 Å². The molecule has 16 nitrogen and oxygen atoms in total. The Morgan fingerprint density at radius 2 is 1.55 bits per heavy atom. The number of nitrogens with zero attached hydrogens (tertiary/aromatic N) is 2. The second-order valence-electron chi connectivity index (χ2n) is 18.2. The van der Waals surface area contributed by atoms with Gasteiger partial charge in [0, 0.05) is 55.6 Å². The lowest BCUT2D eigenvalue weighted by Crippen LogP contribution is -2.51. The molecular weight excluding hydrogens is 899 g/mol. The average Bonchev–Trinajstić information content (AvgIpc) is 3.62. The van der Waals surface area contributed by atoms with Crippen molar-refractivity contribution in [1.82, 2.24) is 25.4 Å². The van der Waals surface area contributed by atoms with Gasteiger partial charge in [0.15, 0.2) is 9.84 Å². The van der Waals surface area contributed by atoms with Gasteiger partial charge in [-0.05, 0) is 79.8 Å². The van der Waals surface area contributed by atoms with E-state index in [0.29, 0.717) is 17.0 Å². The van der Waals surface area contributed by atoms with Crippen LogP contribution in [-0.4, -0.2) is 133 Å². The number of amides is 4. The summed E-state index contributed by atoms with van der Waals surface area (Å²) in [6.07, 6.45) is 4.35. The molecule has 3 atom stereocenters. The topological polar surface area (TPSA) is 228 Å². The Balaban J connectivity index is 1.84. The Morgan fingerprint density at radius 3 is 2.14 bits per heavy atom. The quantitative estimate of drug-likeness (QED) is 0.0640. The summed E-state index contributed by atoms with van der Waals surface area (Å²) in [6.45, 7) is 9.25. The highest BCUT2D eigenvalue weighted by Crippen LogP contribution is 2.41. The van der Waals surface area contributed by atoms with E-state index in [-0.39, 0.29) is 68.5 Å². The number of esters is 1. The number of aliphatic hydroxyl groups excluding tert-OH is 1. The minimum Gasteiger partial charge on any atom is -0.460 e. The van der Waals surface area contributed by atoms with Crippen LogP contribution in [0.5, 0.6) is 0 Å². The number of hydrogen-bond acceptors (Lipinski definition) is 11. The molecule has 0 aliphatic rings. The molecule has 0 saturated heterocycles. The van der Waals surface area contributed by atoms with Gasteiger partial charge in [-0.25, -0.2) is 22.0 Å². The van der Waals surface area contributed by atoms with Gasteiger partial charge >= 0.3 is 12.1 Å². The Hall–Kier alpha value is -5.05. The number of aliphatic hydroxyl groups is 1. The lowest BCUT2D eigenvalue weighted by Gasteiger charge is -2.41. The molecule has 3 aromatic rings. The summed E-state index contributed by atoms with van der Waals surface area (Å²) < 4.78 is 67.9. The van der Waals surface area contributed by atoms with Crippen LogP contribution in [0.25, 0.3) is 11.1 Å². The van der Waals surface area contributed by atoms with Crippen molar-refractivity contribution in [3.63, 3.8) is 0 Å². The van der Waals surface area contributed by atoms with E-state index >= 15 is 4.39 Å². The number of ether oxygens (including phenoxy) is 2. The first-order chi connectivity index (χ1) is 30.8. The van der Waals surface area contributed by atoms with Gasteiger partial charge in [-0.3, -0.25) is 19.2 Å². The van der Waals surface area contributed by atoms with Crippen LogP contribution in [0.15, 0.2) is 60.8 Å². The zero-order valence-electron chi connectivity index (χ0n) is 39.2. The predicted molar refractivity (Wildman–Crippen MR) is 251 cm³/mol. The number of sulfone groups is 1. The van der Waals surface area contributed by atoms with E-state index in [9.17, 15) is 41.9 Å². The molecule has 4 amide bonds. The normalized spacial score (nSPS) is 13.3. The fourth-order valence-corrected chi connectivity index (χ4v) is 8.38. The number of hydrogen-bond donors (Lipinski definition) is 5. The number of alkyl carbamates (subject to hydrolysis) is 1. The van der Waals surface area contributed by atoms with Gasteiger partial charge in [-0.2, -0.15) is 0 Å². The molecular formula is C46H67F2N6O10S2+. The van der Waals surface area contributed by atoms with E-state index in [1.165, 1.54) is 4.90 Å². The van der Waals surface area contributed by atoms with Crippen LogP contribution in [0.1, 0.15) is 78.1 Å². The number of carbonyl (C=O) groups excluding carboxylic acids is 5. The van der Waals surface area contributed by atoms with Gasteiger partial charge < -0.3 is 45.7 Å². The minimum atomic E-state index is -3.85. The highest BCUT2D eigenvalue weighted by atomic mass is 32.2. The summed E-state index contributed by atoms with van der Waals surface area (Å²) in [5.74, 6) is -4.43. The molecule has 0 bridgehead atoms. The number of nitrogens with one attached hydrogen (secondary N) is 3. The Morgan fingerprint density at radius 1 is 0.909 bits per heavy atom. The van der Waals surface area contributed by atoms with Crippen molar-refractivity contribution in [2.24, 2.45) is 11.1 Å². The molecule has 0 fully saturated rings. The zero-order chi connectivity index (χ0) is 49.4. The molecule has 0 saturated carbocycles. The average molecular weight is 966 g/mol. The van der Waals surface area contributed by atoms with E-state index < -0.39 is 98.5 Å². The number of halogens is 2. The summed E-state index contributed by atoms with van der Waals surface area (Å²) >= 11 is 0. The molecule has 0 aliphatic heterocycles. The smallest absolute Gasteiger partial charge is 0.407 e.